The maximum Gasteiger partial charge on any atom is 0.410 e. The minimum absolute atomic E-state index is 0.0478. The first-order valence-electron chi connectivity index (χ1n) is 8.94. The first-order chi connectivity index (χ1) is 14.0. The molecule has 0 unspecified atom stereocenters. The highest BCUT2D eigenvalue weighted by molar-refractivity contribution is 5.81. The highest BCUT2D eigenvalue weighted by atomic mass is 16.6. The van der Waals surface area contributed by atoms with E-state index in [1.165, 1.54) is 36.3 Å². The molecule has 0 radical (unpaired) electrons. The van der Waals surface area contributed by atoms with Crippen molar-refractivity contribution < 1.29 is 24.0 Å². The third-order valence-corrected chi connectivity index (χ3v) is 4.24. The number of nitrogens with zero attached hydrogens (tertiary/aromatic N) is 2. The number of hydrogen-bond donors (Lipinski definition) is 1. The normalized spacial score (nSPS) is 11.4. The summed E-state index contributed by atoms with van der Waals surface area (Å²) >= 11 is 0. The van der Waals surface area contributed by atoms with Gasteiger partial charge in [0.25, 0.3) is 5.69 Å². The summed E-state index contributed by atoms with van der Waals surface area (Å²) in [5, 5.41) is 10.8. The Balaban J connectivity index is 2.17. The molecule has 0 spiro atoms. The van der Waals surface area contributed by atoms with Crippen LogP contribution in [0.4, 0.5) is 10.5 Å². The van der Waals surface area contributed by atoms with E-state index < -0.39 is 23.0 Å². The summed E-state index contributed by atoms with van der Waals surface area (Å²) in [5.74, 6) is -0.631. The molecule has 0 heterocycles. The van der Waals surface area contributed by atoms with Gasteiger partial charge in [-0.05, 0) is 11.1 Å². The van der Waals surface area contributed by atoms with E-state index in [0.717, 1.165) is 5.56 Å². The summed E-state index contributed by atoms with van der Waals surface area (Å²) in [4.78, 5) is 36.5. The minimum Gasteiger partial charge on any atom is -0.467 e. The van der Waals surface area contributed by atoms with E-state index in [1.54, 1.807) is 0 Å². The summed E-state index contributed by atoms with van der Waals surface area (Å²) < 4.78 is 10.2. The zero-order valence-corrected chi connectivity index (χ0v) is 16.0. The summed E-state index contributed by atoms with van der Waals surface area (Å²) in [6.45, 7) is 0.251. The first kappa shape index (κ1) is 21.8. The Morgan fingerprint density at radius 2 is 1.76 bits per heavy atom. The molecule has 0 aliphatic carbocycles. The summed E-state index contributed by atoms with van der Waals surface area (Å²) in [7, 11) is 1.22. The van der Waals surface area contributed by atoms with Crippen molar-refractivity contribution in [3.63, 3.8) is 0 Å². The Morgan fingerprint density at radius 1 is 1.10 bits per heavy atom. The van der Waals surface area contributed by atoms with Crippen molar-refractivity contribution in [1.82, 2.24) is 4.90 Å². The van der Waals surface area contributed by atoms with Crippen LogP contribution in [0.5, 0.6) is 0 Å². The first-order valence-corrected chi connectivity index (χ1v) is 8.94. The number of carbonyl (C=O) groups is 2. The highest BCUT2D eigenvalue weighted by Gasteiger charge is 2.31. The van der Waals surface area contributed by atoms with Crippen molar-refractivity contribution in [3.05, 3.63) is 75.8 Å². The zero-order valence-electron chi connectivity index (χ0n) is 16.0. The molecule has 29 heavy (non-hydrogen) atoms. The average Bonchev–Trinajstić information content (AvgIpc) is 2.75. The number of hydrogen-bond acceptors (Lipinski definition) is 7. The molecule has 0 fully saturated rings. The molecule has 1 atom stereocenters. The van der Waals surface area contributed by atoms with Crippen LogP contribution >= 0.6 is 0 Å². The summed E-state index contributed by atoms with van der Waals surface area (Å²) in [6, 6.07) is 13.9. The Hall–Kier alpha value is -3.46. The summed E-state index contributed by atoms with van der Waals surface area (Å²) in [5.41, 5.74) is 6.99. The van der Waals surface area contributed by atoms with E-state index >= 15 is 0 Å². The van der Waals surface area contributed by atoms with Gasteiger partial charge in [-0.25, -0.2) is 9.59 Å². The molecule has 2 N–H and O–H groups in total. The zero-order chi connectivity index (χ0) is 21.2. The average molecular weight is 401 g/mol. The molecule has 0 aromatic heterocycles. The van der Waals surface area contributed by atoms with Crippen LogP contribution in [0.2, 0.25) is 0 Å². The lowest BCUT2D eigenvalue weighted by atomic mass is 10.0. The van der Waals surface area contributed by atoms with Crippen LogP contribution in [0, 0.1) is 10.1 Å². The molecule has 154 valence electrons. The van der Waals surface area contributed by atoms with E-state index in [0.29, 0.717) is 5.56 Å². The Labute approximate surface area is 168 Å². The van der Waals surface area contributed by atoms with Gasteiger partial charge >= 0.3 is 12.1 Å². The van der Waals surface area contributed by atoms with Gasteiger partial charge in [-0.15, -0.1) is 0 Å². The predicted octanol–water partition coefficient (Wildman–Crippen LogP) is 2.28. The SMILES string of the molecule is COC(=O)[C@@H](Cc1ccc([N+](=O)[O-])cc1)N(CCN)C(=O)OCc1ccccc1. The van der Waals surface area contributed by atoms with Gasteiger partial charge in [0.05, 0.1) is 12.0 Å². The fourth-order valence-electron chi connectivity index (χ4n) is 2.75. The van der Waals surface area contributed by atoms with Gasteiger partial charge in [0.1, 0.15) is 12.6 Å². The van der Waals surface area contributed by atoms with Crippen LogP contribution in [0.3, 0.4) is 0 Å². The second-order valence-corrected chi connectivity index (χ2v) is 6.19. The quantitative estimate of drug-likeness (QED) is 0.388. The van der Waals surface area contributed by atoms with Gasteiger partial charge in [-0.3, -0.25) is 15.0 Å². The van der Waals surface area contributed by atoms with Gasteiger partial charge < -0.3 is 15.2 Å². The van der Waals surface area contributed by atoms with Crippen LogP contribution in [-0.4, -0.2) is 48.1 Å². The Bertz CT molecular complexity index is 826. The van der Waals surface area contributed by atoms with Crippen molar-refractivity contribution in [3.8, 4) is 0 Å². The fourth-order valence-corrected chi connectivity index (χ4v) is 2.75. The van der Waals surface area contributed by atoms with E-state index in [1.807, 2.05) is 30.3 Å². The van der Waals surface area contributed by atoms with E-state index in [-0.39, 0.29) is 31.8 Å². The maximum absolute atomic E-state index is 12.7. The number of methoxy groups -OCH3 is 1. The second kappa shape index (κ2) is 10.8. The number of ether oxygens (including phenoxy) is 2. The lowest BCUT2D eigenvalue weighted by Crippen LogP contribution is -2.49. The molecule has 0 bridgehead atoms. The molecule has 9 heteroatoms. The largest absolute Gasteiger partial charge is 0.467 e. The number of benzene rings is 2. The lowest BCUT2D eigenvalue weighted by molar-refractivity contribution is -0.384. The van der Waals surface area contributed by atoms with Crippen molar-refractivity contribution >= 4 is 17.7 Å². The van der Waals surface area contributed by atoms with Crippen LogP contribution < -0.4 is 5.73 Å². The van der Waals surface area contributed by atoms with Gasteiger partial charge in [-0.1, -0.05) is 42.5 Å². The van der Waals surface area contributed by atoms with Crippen LogP contribution in [-0.2, 0) is 27.3 Å². The Kier molecular flexibility index (Phi) is 8.11. The predicted molar refractivity (Wildman–Crippen MR) is 105 cm³/mol. The monoisotopic (exact) mass is 401 g/mol. The summed E-state index contributed by atoms with van der Waals surface area (Å²) in [6.07, 6.45) is -0.595. The number of nitro benzene ring substituents is 1. The molecule has 0 aliphatic rings. The maximum atomic E-state index is 12.7. The number of rotatable bonds is 9. The van der Waals surface area contributed by atoms with Crippen LogP contribution in [0.15, 0.2) is 54.6 Å². The number of nitro groups is 1. The second-order valence-electron chi connectivity index (χ2n) is 6.19. The lowest BCUT2D eigenvalue weighted by Gasteiger charge is -2.29. The fraction of sp³-hybridized carbons (Fsp3) is 0.300. The topological polar surface area (TPSA) is 125 Å². The van der Waals surface area contributed by atoms with Crippen molar-refractivity contribution in [2.75, 3.05) is 20.2 Å². The molecule has 0 saturated heterocycles. The van der Waals surface area contributed by atoms with Crippen LogP contribution in [0.25, 0.3) is 0 Å². The minimum atomic E-state index is -0.978. The molecule has 2 rings (SSSR count). The van der Waals surface area contributed by atoms with Crippen molar-refractivity contribution in [1.29, 1.82) is 0 Å². The highest BCUT2D eigenvalue weighted by Crippen LogP contribution is 2.17. The van der Waals surface area contributed by atoms with Crippen molar-refractivity contribution in [2.24, 2.45) is 5.73 Å². The van der Waals surface area contributed by atoms with Crippen molar-refractivity contribution in [2.45, 2.75) is 19.1 Å². The Morgan fingerprint density at radius 3 is 2.31 bits per heavy atom. The molecule has 1 amide bonds. The van der Waals surface area contributed by atoms with Gasteiger partial charge in [0.2, 0.25) is 0 Å². The molecular weight excluding hydrogens is 378 g/mol. The number of esters is 1. The molecule has 0 saturated carbocycles. The van der Waals surface area contributed by atoms with Crippen LogP contribution in [0.1, 0.15) is 11.1 Å². The smallest absolute Gasteiger partial charge is 0.410 e. The van der Waals surface area contributed by atoms with Gasteiger partial charge in [-0.2, -0.15) is 0 Å². The molecular formula is C20H23N3O6. The molecule has 9 nitrogen and oxygen atoms in total. The third-order valence-electron chi connectivity index (χ3n) is 4.24. The molecule has 0 aliphatic heterocycles. The van der Waals surface area contributed by atoms with E-state index in [4.69, 9.17) is 15.2 Å². The number of nitrogens with two attached hydrogens (primary N) is 1. The number of carbonyl (C=O) groups excluding carboxylic acids is 2. The third kappa shape index (κ3) is 6.28. The standard InChI is InChI=1S/C20H23N3O6/c1-28-19(24)18(13-15-7-9-17(10-8-15)23(26)27)22(12-11-21)20(25)29-14-16-5-3-2-4-6-16/h2-10,18H,11-14,21H2,1H3/t18-/m1/s1. The van der Waals surface area contributed by atoms with E-state index in [9.17, 15) is 19.7 Å². The number of amides is 1. The van der Waals surface area contributed by atoms with Gasteiger partial charge in [0, 0.05) is 31.6 Å². The molecule has 2 aromatic carbocycles. The molecule has 2 aromatic rings. The van der Waals surface area contributed by atoms with E-state index in [2.05, 4.69) is 0 Å². The number of non-ortho nitro benzene ring substituents is 1. The van der Waals surface area contributed by atoms with Gasteiger partial charge in [0.15, 0.2) is 0 Å².